The molecule has 2 heterocycles. The van der Waals surface area contributed by atoms with E-state index in [1.807, 2.05) is 0 Å². The standard InChI is InChI=1S/C49H35N3/c1-4-18-36(19-5-1)49(52-45-28-14-10-24-41(45)42-25-11-15-29-46(42)52)43-26-12-16-30-47(43)51(48-31-17-13-27-44(48)49)40-34-32-39(33-35-40)50(37-20-6-2-7-21-37)38-22-8-3-9-23-38/h1-35H. The molecule has 8 aromatic carbocycles. The molecule has 0 radical (unpaired) electrons. The Morgan fingerprint density at radius 2 is 0.750 bits per heavy atom. The lowest BCUT2D eigenvalue weighted by molar-refractivity contribution is 0.544. The molecule has 3 nitrogen and oxygen atoms in total. The molecule has 0 bridgehead atoms. The molecular formula is C49H35N3. The van der Waals surface area contributed by atoms with Gasteiger partial charge in [-0.05, 0) is 78.4 Å². The van der Waals surface area contributed by atoms with Crippen LogP contribution in [0.4, 0.5) is 34.1 Å². The Kier molecular flexibility index (Phi) is 7.04. The van der Waals surface area contributed by atoms with E-state index in [9.17, 15) is 0 Å². The van der Waals surface area contributed by atoms with E-state index in [4.69, 9.17) is 0 Å². The van der Waals surface area contributed by atoms with Crippen LogP contribution in [0.15, 0.2) is 212 Å². The van der Waals surface area contributed by atoms with Crippen molar-refractivity contribution in [1.82, 2.24) is 4.57 Å². The molecule has 3 heteroatoms. The summed E-state index contributed by atoms with van der Waals surface area (Å²) < 4.78 is 2.60. The van der Waals surface area contributed by atoms with Crippen LogP contribution in [-0.2, 0) is 5.54 Å². The van der Waals surface area contributed by atoms with Crippen molar-refractivity contribution in [1.29, 1.82) is 0 Å². The van der Waals surface area contributed by atoms with Gasteiger partial charge in [0.25, 0.3) is 0 Å². The van der Waals surface area contributed by atoms with E-state index >= 15 is 0 Å². The summed E-state index contributed by atoms with van der Waals surface area (Å²) >= 11 is 0. The highest BCUT2D eigenvalue weighted by Crippen LogP contribution is 2.57. The van der Waals surface area contributed by atoms with Crippen molar-refractivity contribution in [3.63, 3.8) is 0 Å². The Hall–Kier alpha value is -6.84. The van der Waals surface area contributed by atoms with Crippen LogP contribution in [-0.4, -0.2) is 4.57 Å². The Balaban J connectivity index is 1.23. The fourth-order valence-electron chi connectivity index (χ4n) is 8.50. The number of hydrogen-bond acceptors (Lipinski definition) is 2. The Morgan fingerprint density at radius 1 is 0.346 bits per heavy atom. The highest BCUT2D eigenvalue weighted by Gasteiger charge is 2.47. The highest BCUT2D eigenvalue weighted by molar-refractivity contribution is 6.09. The average Bonchev–Trinajstić information content (AvgIpc) is 3.56. The molecule has 1 aliphatic rings. The minimum atomic E-state index is -0.662. The van der Waals surface area contributed by atoms with Gasteiger partial charge in [0, 0.05) is 44.6 Å². The first-order valence-corrected chi connectivity index (χ1v) is 17.9. The zero-order valence-corrected chi connectivity index (χ0v) is 28.5. The van der Waals surface area contributed by atoms with E-state index < -0.39 is 5.54 Å². The van der Waals surface area contributed by atoms with Crippen LogP contribution in [0, 0.1) is 0 Å². The van der Waals surface area contributed by atoms with Crippen molar-refractivity contribution >= 4 is 55.9 Å². The third-order valence-electron chi connectivity index (χ3n) is 10.6. The number of anilines is 6. The van der Waals surface area contributed by atoms with E-state index in [2.05, 4.69) is 227 Å². The molecule has 0 saturated carbocycles. The van der Waals surface area contributed by atoms with Crippen molar-refractivity contribution < 1.29 is 0 Å². The predicted molar refractivity (Wildman–Crippen MR) is 217 cm³/mol. The maximum absolute atomic E-state index is 2.60. The highest BCUT2D eigenvalue weighted by atomic mass is 15.2. The van der Waals surface area contributed by atoms with Gasteiger partial charge in [0.15, 0.2) is 0 Å². The fourth-order valence-corrected chi connectivity index (χ4v) is 8.50. The van der Waals surface area contributed by atoms with Gasteiger partial charge in [-0.25, -0.2) is 0 Å². The molecule has 0 spiro atoms. The first kappa shape index (κ1) is 30.0. The largest absolute Gasteiger partial charge is 0.322 e. The van der Waals surface area contributed by atoms with Gasteiger partial charge in [-0.3, -0.25) is 0 Å². The first-order valence-electron chi connectivity index (χ1n) is 17.9. The lowest BCUT2D eigenvalue weighted by atomic mass is 9.72. The molecule has 9 aromatic rings. The fraction of sp³-hybridized carbons (Fsp3) is 0.0204. The average molecular weight is 666 g/mol. The van der Waals surface area contributed by atoms with Crippen LogP contribution in [0.25, 0.3) is 21.8 Å². The molecule has 10 rings (SSSR count). The smallest absolute Gasteiger partial charge is 0.125 e. The van der Waals surface area contributed by atoms with E-state index in [0.717, 1.165) is 34.1 Å². The molecule has 0 aliphatic carbocycles. The van der Waals surface area contributed by atoms with Gasteiger partial charge in [0.05, 0.1) is 22.4 Å². The van der Waals surface area contributed by atoms with Gasteiger partial charge in [0.1, 0.15) is 5.54 Å². The van der Waals surface area contributed by atoms with Crippen LogP contribution in [0.5, 0.6) is 0 Å². The first-order chi connectivity index (χ1) is 25.8. The second-order valence-electron chi connectivity index (χ2n) is 13.3. The van der Waals surface area contributed by atoms with Gasteiger partial charge in [-0.1, -0.05) is 140 Å². The minimum Gasteiger partial charge on any atom is -0.322 e. The van der Waals surface area contributed by atoms with Crippen LogP contribution in [0.2, 0.25) is 0 Å². The number of hydrogen-bond donors (Lipinski definition) is 0. The second-order valence-corrected chi connectivity index (χ2v) is 13.3. The van der Waals surface area contributed by atoms with Crippen LogP contribution in [0.1, 0.15) is 16.7 Å². The lowest BCUT2D eigenvalue weighted by Gasteiger charge is -2.47. The Morgan fingerprint density at radius 3 is 1.27 bits per heavy atom. The predicted octanol–water partition coefficient (Wildman–Crippen LogP) is 12.9. The SMILES string of the molecule is c1ccc(N(c2ccccc2)c2ccc(N3c4ccccc4C(c4ccccc4)(n4c5ccccc5c5ccccc54)c4ccccc43)cc2)cc1. The molecular weight excluding hydrogens is 631 g/mol. The summed E-state index contributed by atoms with van der Waals surface area (Å²) in [7, 11) is 0. The van der Waals surface area contributed by atoms with E-state index in [-0.39, 0.29) is 0 Å². The summed E-state index contributed by atoms with van der Waals surface area (Å²) in [5, 5.41) is 2.51. The topological polar surface area (TPSA) is 11.4 Å². The van der Waals surface area contributed by atoms with Gasteiger partial charge in [-0.15, -0.1) is 0 Å². The van der Waals surface area contributed by atoms with Crippen LogP contribution < -0.4 is 9.80 Å². The summed E-state index contributed by atoms with van der Waals surface area (Å²) in [4.78, 5) is 4.75. The molecule has 0 saturated heterocycles. The molecule has 246 valence electrons. The van der Waals surface area contributed by atoms with Gasteiger partial charge in [0.2, 0.25) is 0 Å². The molecule has 1 aromatic heterocycles. The van der Waals surface area contributed by atoms with Crippen molar-refractivity contribution in [2.45, 2.75) is 5.54 Å². The molecule has 0 amide bonds. The molecule has 0 atom stereocenters. The van der Waals surface area contributed by atoms with E-state index in [0.29, 0.717) is 0 Å². The maximum Gasteiger partial charge on any atom is 0.125 e. The van der Waals surface area contributed by atoms with Crippen molar-refractivity contribution in [2.75, 3.05) is 9.80 Å². The zero-order valence-electron chi connectivity index (χ0n) is 28.5. The summed E-state index contributed by atoms with van der Waals surface area (Å²) in [6, 6.07) is 76.9. The quantitative estimate of drug-likeness (QED) is 0.175. The minimum absolute atomic E-state index is 0.662. The normalized spacial score (nSPS) is 13.1. The number of para-hydroxylation sites is 6. The summed E-state index contributed by atoms with van der Waals surface area (Å²) in [6.07, 6.45) is 0. The number of aromatic nitrogens is 1. The summed E-state index contributed by atoms with van der Waals surface area (Å²) in [5.41, 5.74) is 12.2. The third-order valence-corrected chi connectivity index (χ3v) is 10.6. The third kappa shape index (κ3) is 4.46. The lowest BCUT2D eigenvalue weighted by Crippen LogP contribution is -2.42. The Bertz CT molecular complexity index is 2540. The summed E-state index contributed by atoms with van der Waals surface area (Å²) in [5.74, 6) is 0. The van der Waals surface area contributed by atoms with Crippen LogP contribution >= 0.6 is 0 Å². The molecule has 52 heavy (non-hydrogen) atoms. The molecule has 1 aliphatic heterocycles. The van der Waals surface area contributed by atoms with Crippen molar-refractivity contribution in [3.8, 4) is 0 Å². The Labute approximate surface area is 303 Å². The van der Waals surface area contributed by atoms with Gasteiger partial charge < -0.3 is 14.4 Å². The van der Waals surface area contributed by atoms with Gasteiger partial charge >= 0.3 is 0 Å². The number of rotatable bonds is 6. The van der Waals surface area contributed by atoms with Crippen molar-refractivity contribution in [2.24, 2.45) is 0 Å². The maximum atomic E-state index is 2.60. The van der Waals surface area contributed by atoms with E-state index in [1.165, 1.54) is 38.5 Å². The summed E-state index contributed by atoms with van der Waals surface area (Å²) in [6.45, 7) is 0. The number of benzene rings is 8. The van der Waals surface area contributed by atoms with Crippen molar-refractivity contribution in [3.05, 3.63) is 229 Å². The monoisotopic (exact) mass is 665 g/mol. The second kappa shape index (κ2) is 12.2. The van der Waals surface area contributed by atoms with E-state index in [1.54, 1.807) is 0 Å². The van der Waals surface area contributed by atoms with Gasteiger partial charge in [-0.2, -0.15) is 0 Å². The number of fused-ring (bicyclic) bond motifs is 5. The van der Waals surface area contributed by atoms with Crippen LogP contribution in [0.3, 0.4) is 0 Å². The molecule has 0 fully saturated rings. The number of nitrogens with zero attached hydrogens (tertiary/aromatic N) is 3. The zero-order chi connectivity index (χ0) is 34.5. The molecule has 0 N–H and O–H groups in total. The molecule has 0 unspecified atom stereocenters.